The maximum Gasteiger partial charge on any atom is 0.326 e. The van der Waals surface area contributed by atoms with Gasteiger partial charge in [-0.05, 0) is 6.92 Å². The van der Waals surface area contributed by atoms with Gasteiger partial charge in [0.1, 0.15) is 18.1 Å². The maximum atomic E-state index is 12.5. The van der Waals surface area contributed by atoms with Crippen LogP contribution in [0.25, 0.3) is 0 Å². The third-order valence-corrected chi connectivity index (χ3v) is 3.90. The maximum absolute atomic E-state index is 12.5. The lowest BCUT2D eigenvalue weighted by Gasteiger charge is -2.25. The normalized spacial score (nSPS) is 14.6. The molecule has 1 aromatic heterocycles. The molecule has 14 nitrogen and oxygen atoms in total. The van der Waals surface area contributed by atoms with Crippen LogP contribution in [0.4, 0.5) is 0 Å². The quantitative estimate of drug-likeness (QED) is 0.161. The van der Waals surface area contributed by atoms with Crippen LogP contribution in [0, 0.1) is 0 Å². The zero-order valence-electron chi connectivity index (χ0n) is 16.1. The Morgan fingerprint density at radius 1 is 1.13 bits per heavy atom. The van der Waals surface area contributed by atoms with Crippen LogP contribution >= 0.6 is 0 Å². The first-order chi connectivity index (χ1) is 14.0. The summed E-state index contributed by atoms with van der Waals surface area (Å²) in [4.78, 5) is 65.6. The molecule has 1 rings (SSSR count). The van der Waals surface area contributed by atoms with E-state index in [0.717, 1.165) is 0 Å². The molecule has 0 fully saturated rings. The van der Waals surface area contributed by atoms with Gasteiger partial charge in [0, 0.05) is 18.3 Å². The number of amides is 4. The Kier molecular flexibility index (Phi) is 9.38. The molecule has 0 spiro atoms. The first-order valence-electron chi connectivity index (χ1n) is 8.81. The second-order valence-corrected chi connectivity index (χ2v) is 6.40. The lowest BCUT2D eigenvalue weighted by Crippen LogP contribution is -2.59. The number of hydrogen-bond acceptors (Lipinski definition) is 8. The number of aliphatic hydroxyl groups excluding tert-OH is 1. The number of aromatic nitrogens is 2. The molecule has 0 saturated heterocycles. The lowest BCUT2D eigenvalue weighted by atomic mass is 10.1. The molecule has 4 atom stereocenters. The average molecular weight is 427 g/mol. The number of carboxylic acid groups (broad SMARTS) is 1. The Hall–Kier alpha value is -3.52. The van der Waals surface area contributed by atoms with Crippen molar-refractivity contribution in [1.82, 2.24) is 25.9 Å². The zero-order valence-corrected chi connectivity index (χ0v) is 16.1. The number of primary amides is 1. The van der Waals surface area contributed by atoms with E-state index in [1.807, 2.05) is 0 Å². The zero-order chi connectivity index (χ0) is 22.8. The molecule has 4 unspecified atom stereocenters. The van der Waals surface area contributed by atoms with Gasteiger partial charge in [-0.1, -0.05) is 0 Å². The van der Waals surface area contributed by atoms with Gasteiger partial charge in [-0.15, -0.1) is 0 Å². The van der Waals surface area contributed by atoms with Crippen molar-refractivity contribution in [3.8, 4) is 0 Å². The first-order valence-corrected chi connectivity index (χ1v) is 8.81. The monoisotopic (exact) mass is 427 g/mol. The van der Waals surface area contributed by atoms with E-state index in [1.54, 1.807) is 0 Å². The number of aliphatic hydroxyl groups is 1. The minimum absolute atomic E-state index is 0.138. The highest BCUT2D eigenvalue weighted by molar-refractivity contribution is 5.96. The Balaban J connectivity index is 2.93. The highest BCUT2D eigenvalue weighted by atomic mass is 16.4. The number of carbonyl (C=O) groups is 5. The van der Waals surface area contributed by atoms with Crippen LogP contribution in [0.15, 0.2) is 12.5 Å². The molecule has 0 aliphatic heterocycles. The largest absolute Gasteiger partial charge is 0.480 e. The second-order valence-electron chi connectivity index (χ2n) is 6.40. The van der Waals surface area contributed by atoms with Gasteiger partial charge in [-0.3, -0.25) is 19.2 Å². The standard InChI is InChI=1S/C16H25N7O7/c1-7(24)13(23-12(26)4-17)15(28)21-9(3-11(18)25)14(27)22-10(16(29)30)2-8-5-19-6-20-8/h5-7,9-10,13,24H,2-4,17H2,1H3,(H2,18,25)(H,19,20)(H,21,28)(H,22,27)(H,23,26)(H,29,30). The summed E-state index contributed by atoms with van der Waals surface area (Å²) in [5, 5.41) is 25.6. The molecule has 0 radical (unpaired) electrons. The summed E-state index contributed by atoms with van der Waals surface area (Å²) < 4.78 is 0. The van der Waals surface area contributed by atoms with Crippen molar-refractivity contribution < 1.29 is 34.2 Å². The summed E-state index contributed by atoms with van der Waals surface area (Å²) in [6.45, 7) is 0.769. The number of hydrogen-bond donors (Lipinski definition) is 8. The minimum Gasteiger partial charge on any atom is -0.480 e. The summed E-state index contributed by atoms with van der Waals surface area (Å²) in [5.41, 5.74) is 10.7. The van der Waals surface area contributed by atoms with Gasteiger partial charge in [0.05, 0.1) is 25.4 Å². The Labute approximate surface area is 170 Å². The van der Waals surface area contributed by atoms with Gasteiger partial charge < -0.3 is 42.6 Å². The van der Waals surface area contributed by atoms with Crippen LogP contribution < -0.4 is 27.4 Å². The highest BCUT2D eigenvalue weighted by Crippen LogP contribution is 2.02. The van der Waals surface area contributed by atoms with Crippen molar-refractivity contribution >= 4 is 29.6 Å². The molecule has 30 heavy (non-hydrogen) atoms. The average Bonchev–Trinajstić information content (AvgIpc) is 3.16. The van der Waals surface area contributed by atoms with Crippen LogP contribution in [0.2, 0.25) is 0 Å². The number of aromatic amines is 1. The van der Waals surface area contributed by atoms with E-state index in [9.17, 15) is 34.2 Å². The molecular formula is C16H25N7O7. The SMILES string of the molecule is CC(O)C(NC(=O)CN)C(=O)NC(CC(N)=O)C(=O)NC(Cc1cnc[nH]1)C(=O)O. The highest BCUT2D eigenvalue weighted by Gasteiger charge is 2.32. The molecule has 0 aliphatic rings. The molecule has 1 heterocycles. The number of nitrogens with zero attached hydrogens (tertiary/aromatic N) is 1. The molecule has 166 valence electrons. The van der Waals surface area contributed by atoms with Crippen molar-refractivity contribution in [1.29, 1.82) is 0 Å². The van der Waals surface area contributed by atoms with Gasteiger partial charge in [0.15, 0.2) is 0 Å². The van der Waals surface area contributed by atoms with Crippen molar-refractivity contribution in [2.45, 2.75) is 44.0 Å². The van der Waals surface area contributed by atoms with Crippen molar-refractivity contribution in [3.63, 3.8) is 0 Å². The third-order valence-electron chi connectivity index (χ3n) is 3.90. The molecule has 4 amide bonds. The molecule has 14 heteroatoms. The van der Waals surface area contributed by atoms with Crippen LogP contribution in [-0.2, 0) is 30.4 Å². The molecule has 0 aliphatic carbocycles. The molecule has 0 aromatic carbocycles. The van der Waals surface area contributed by atoms with Gasteiger partial charge >= 0.3 is 5.97 Å². The number of carboxylic acids is 1. The number of H-pyrrole nitrogens is 1. The smallest absolute Gasteiger partial charge is 0.326 e. The lowest BCUT2D eigenvalue weighted by molar-refractivity contribution is -0.142. The number of imidazole rings is 1. The summed E-state index contributed by atoms with van der Waals surface area (Å²) in [5.74, 6) is -5.04. The Morgan fingerprint density at radius 3 is 2.23 bits per heavy atom. The summed E-state index contributed by atoms with van der Waals surface area (Å²) in [7, 11) is 0. The van der Waals surface area contributed by atoms with E-state index in [4.69, 9.17) is 11.5 Å². The molecule has 0 bridgehead atoms. The number of nitrogens with two attached hydrogens (primary N) is 2. The summed E-state index contributed by atoms with van der Waals surface area (Å²) >= 11 is 0. The minimum atomic E-state index is -1.55. The van der Waals surface area contributed by atoms with Crippen LogP contribution in [0.1, 0.15) is 19.0 Å². The fourth-order valence-corrected chi connectivity index (χ4v) is 2.40. The van der Waals surface area contributed by atoms with Crippen LogP contribution in [0.3, 0.4) is 0 Å². The Morgan fingerprint density at radius 2 is 1.77 bits per heavy atom. The van der Waals surface area contributed by atoms with E-state index in [0.29, 0.717) is 5.69 Å². The van der Waals surface area contributed by atoms with Gasteiger partial charge in [-0.2, -0.15) is 0 Å². The van der Waals surface area contributed by atoms with Gasteiger partial charge in [-0.25, -0.2) is 9.78 Å². The molecule has 10 N–H and O–H groups in total. The van der Waals surface area contributed by atoms with Crippen molar-refractivity contribution in [3.05, 3.63) is 18.2 Å². The topological polar surface area (TPSA) is 243 Å². The molecular weight excluding hydrogens is 402 g/mol. The summed E-state index contributed by atoms with van der Waals surface area (Å²) in [6, 6.07) is -4.41. The van der Waals surface area contributed by atoms with Crippen LogP contribution in [0.5, 0.6) is 0 Å². The van der Waals surface area contributed by atoms with Gasteiger partial charge in [0.25, 0.3) is 0 Å². The summed E-state index contributed by atoms with van der Waals surface area (Å²) in [6.07, 6.45) is 0.563. The Bertz CT molecular complexity index is 766. The number of aliphatic carboxylic acids is 1. The van der Waals surface area contributed by atoms with Crippen molar-refractivity contribution in [2.24, 2.45) is 11.5 Å². The third kappa shape index (κ3) is 7.84. The second kappa shape index (κ2) is 11.5. The first kappa shape index (κ1) is 24.5. The number of rotatable bonds is 12. The molecule has 1 aromatic rings. The predicted octanol–water partition coefficient (Wildman–Crippen LogP) is -4.29. The van der Waals surface area contributed by atoms with E-state index in [1.165, 1.54) is 19.4 Å². The van der Waals surface area contributed by atoms with E-state index >= 15 is 0 Å². The van der Waals surface area contributed by atoms with E-state index in [2.05, 4.69) is 25.9 Å². The van der Waals surface area contributed by atoms with E-state index < -0.39 is 66.8 Å². The molecule has 0 saturated carbocycles. The van der Waals surface area contributed by atoms with Gasteiger partial charge in [0.2, 0.25) is 23.6 Å². The van der Waals surface area contributed by atoms with Crippen molar-refractivity contribution in [2.75, 3.05) is 6.54 Å². The van der Waals surface area contributed by atoms with Crippen LogP contribution in [-0.4, -0.2) is 80.6 Å². The van der Waals surface area contributed by atoms with E-state index in [-0.39, 0.29) is 6.42 Å². The number of carbonyl (C=O) groups excluding carboxylic acids is 4. The fraction of sp³-hybridized carbons (Fsp3) is 0.500. The fourth-order valence-electron chi connectivity index (χ4n) is 2.40. The number of nitrogens with one attached hydrogen (secondary N) is 4. The predicted molar refractivity (Wildman–Crippen MR) is 100 cm³/mol.